The molecule has 0 N–H and O–H groups in total. The molecular weight excluding hydrogens is 204 g/mol. The third-order valence-electron chi connectivity index (χ3n) is 1.95. The number of benzene rings is 1. The van der Waals surface area contributed by atoms with Gasteiger partial charge in [0.25, 0.3) is 0 Å². The van der Waals surface area contributed by atoms with Crippen molar-refractivity contribution in [1.82, 2.24) is 0 Å². The van der Waals surface area contributed by atoms with Crippen molar-refractivity contribution < 1.29 is 14.3 Å². The topological polar surface area (TPSA) is 35.5 Å². The van der Waals surface area contributed by atoms with Crippen LogP contribution in [0.3, 0.4) is 0 Å². The summed E-state index contributed by atoms with van der Waals surface area (Å²) < 4.78 is 10.4. The van der Waals surface area contributed by atoms with Gasteiger partial charge in [-0.3, -0.25) is 4.79 Å². The van der Waals surface area contributed by atoms with Gasteiger partial charge in [-0.05, 0) is 23.6 Å². The van der Waals surface area contributed by atoms with Crippen LogP contribution in [0, 0.1) is 5.92 Å². The highest BCUT2D eigenvalue weighted by Crippen LogP contribution is 2.13. The summed E-state index contributed by atoms with van der Waals surface area (Å²) in [5.74, 6) is 1.10. The second-order valence-corrected chi connectivity index (χ2v) is 4.13. The Bertz CT molecular complexity index is 328. The first-order valence-electron chi connectivity index (χ1n) is 5.43. The van der Waals surface area contributed by atoms with Crippen LogP contribution in [0.15, 0.2) is 24.3 Å². The van der Waals surface area contributed by atoms with E-state index in [4.69, 9.17) is 9.47 Å². The summed E-state index contributed by atoms with van der Waals surface area (Å²) in [6.45, 7) is 6.65. The highest BCUT2D eigenvalue weighted by molar-refractivity contribution is 5.65. The molecule has 0 radical (unpaired) electrons. The summed E-state index contributed by atoms with van der Waals surface area (Å²) in [7, 11) is 0. The van der Waals surface area contributed by atoms with Gasteiger partial charge in [-0.1, -0.05) is 26.0 Å². The van der Waals surface area contributed by atoms with Crippen molar-refractivity contribution in [2.45, 2.75) is 27.4 Å². The van der Waals surface area contributed by atoms with E-state index in [0.717, 1.165) is 11.3 Å². The highest BCUT2D eigenvalue weighted by Gasteiger charge is 1.99. The zero-order chi connectivity index (χ0) is 12.0. The molecule has 0 amide bonds. The van der Waals surface area contributed by atoms with Crippen molar-refractivity contribution in [2.24, 2.45) is 5.92 Å². The lowest BCUT2D eigenvalue weighted by atomic mass is 10.2. The normalized spacial score (nSPS) is 10.2. The average molecular weight is 222 g/mol. The maximum atomic E-state index is 10.6. The van der Waals surface area contributed by atoms with Gasteiger partial charge in [-0.15, -0.1) is 0 Å². The number of rotatable bonds is 5. The standard InChI is InChI=1S/C13H18O3/c1-10(2)8-16-13-6-4-12(5-7-13)9-15-11(3)14/h4-7,10H,8-9H2,1-3H3. The maximum Gasteiger partial charge on any atom is 0.302 e. The van der Waals surface area contributed by atoms with E-state index in [2.05, 4.69) is 13.8 Å². The van der Waals surface area contributed by atoms with E-state index in [-0.39, 0.29) is 5.97 Å². The minimum atomic E-state index is -0.264. The fourth-order valence-electron chi connectivity index (χ4n) is 1.13. The number of esters is 1. The summed E-state index contributed by atoms with van der Waals surface area (Å²) in [6, 6.07) is 7.58. The molecule has 88 valence electrons. The molecule has 0 fully saturated rings. The number of ether oxygens (including phenoxy) is 2. The van der Waals surface area contributed by atoms with Gasteiger partial charge in [0.1, 0.15) is 12.4 Å². The molecule has 3 nitrogen and oxygen atoms in total. The Kier molecular flexibility index (Phi) is 4.83. The number of hydrogen-bond donors (Lipinski definition) is 0. The Morgan fingerprint density at radius 3 is 2.38 bits per heavy atom. The average Bonchev–Trinajstić information content (AvgIpc) is 2.25. The molecule has 1 aromatic carbocycles. The van der Waals surface area contributed by atoms with E-state index in [1.165, 1.54) is 6.92 Å². The zero-order valence-corrected chi connectivity index (χ0v) is 10.0. The van der Waals surface area contributed by atoms with E-state index in [9.17, 15) is 4.79 Å². The van der Waals surface area contributed by atoms with Gasteiger partial charge in [0.15, 0.2) is 0 Å². The summed E-state index contributed by atoms with van der Waals surface area (Å²) in [5.41, 5.74) is 0.965. The lowest BCUT2D eigenvalue weighted by Gasteiger charge is -2.09. The molecule has 1 rings (SSSR count). The molecule has 0 heterocycles. The fourth-order valence-corrected chi connectivity index (χ4v) is 1.13. The molecule has 0 aliphatic rings. The molecule has 1 aromatic rings. The lowest BCUT2D eigenvalue weighted by molar-refractivity contribution is -0.142. The van der Waals surface area contributed by atoms with E-state index in [0.29, 0.717) is 19.1 Å². The van der Waals surface area contributed by atoms with Crippen LogP contribution < -0.4 is 4.74 Å². The van der Waals surface area contributed by atoms with Gasteiger partial charge in [0.2, 0.25) is 0 Å². The fraction of sp³-hybridized carbons (Fsp3) is 0.462. The first-order valence-corrected chi connectivity index (χ1v) is 5.43. The van der Waals surface area contributed by atoms with Gasteiger partial charge in [0.05, 0.1) is 6.61 Å². The second-order valence-electron chi connectivity index (χ2n) is 4.13. The predicted octanol–water partition coefficient (Wildman–Crippen LogP) is 2.78. The van der Waals surface area contributed by atoms with Crippen LogP contribution in [0.25, 0.3) is 0 Å². The van der Waals surface area contributed by atoms with Crippen LogP contribution >= 0.6 is 0 Å². The molecule has 3 heteroatoms. The van der Waals surface area contributed by atoms with Gasteiger partial charge < -0.3 is 9.47 Å². The molecule has 0 aliphatic heterocycles. The van der Waals surface area contributed by atoms with E-state index in [1.54, 1.807) is 0 Å². The van der Waals surface area contributed by atoms with Crippen molar-refractivity contribution in [1.29, 1.82) is 0 Å². The Hall–Kier alpha value is -1.51. The van der Waals surface area contributed by atoms with Gasteiger partial charge in [-0.2, -0.15) is 0 Å². The molecule has 0 saturated carbocycles. The third-order valence-corrected chi connectivity index (χ3v) is 1.95. The van der Waals surface area contributed by atoms with Crippen LogP contribution in [0.1, 0.15) is 26.3 Å². The molecule has 0 aromatic heterocycles. The minimum Gasteiger partial charge on any atom is -0.493 e. The van der Waals surface area contributed by atoms with Crippen molar-refractivity contribution in [2.75, 3.05) is 6.61 Å². The molecule has 0 saturated heterocycles. The largest absolute Gasteiger partial charge is 0.493 e. The number of carbonyl (C=O) groups is 1. The van der Waals surface area contributed by atoms with Crippen molar-refractivity contribution in [3.05, 3.63) is 29.8 Å². The minimum absolute atomic E-state index is 0.264. The molecule has 0 spiro atoms. The van der Waals surface area contributed by atoms with E-state index in [1.807, 2.05) is 24.3 Å². The predicted molar refractivity (Wildman–Crippen MR) is 62.2 cm³/mol. The molecule has 0 bridgehead atoms. The van der Waals surface area contributed by atoms with Crippen LogP contribution in [0.5, 0.6) is 5.75 Å². The first kappa shape index (κ1) is 12.6. The summed E-state index contributed by atoms with van der Waals surface area (Å²) >= 11 is 0. The molecule has 0 atom stereocenters. The monoisotopic (exact) mass is 222 g/mol. The van der Waals surface area contributed by atoms with E-state index < -0.39 is 0 Å². The molecular formula is C13H18O3. The summed E-state index contributed by atoms with van der Waals surface area (Å²) in [5, 5.41) is 0. The quantitative estimate of drug-likeness (QED) is 0.719. The Morgan fingerprint density at radius 1 is 1.25 bits per heavy atom. The summed E-state index contributed by atoms with van der Waals surface area (Å²) in [6.07, 6.45) is 0. The molecule has 16 heavy (non-hydrogen) atoms. The Labute approximate surface area is 96.4 Å². The van der Waals surface area contributed by atoms with Crippen molar-refractivity contribution in [3.63, 3.8) is 0 Å². The SMILES string of the molecule is CC(=O)OCc1ccc(OCC(C)C)cc1. The van der Waals surface area contributed by atoms with Crippen LogP contribution in [-0.2, 0) is 16.1 Å². The van der Waals surface area contributed by atoms with Crippen LogP contribution in [0.2, 0.25) is 0 Å². The van der Waals surface area contributed by atoms with Gasteiger partial charge in [-0.25, -0.2) is 0 Å². The second kappa shape index (κ2) is 6.16. The van der Waals surface area contributed by atoms with E-state index >= 15 is 0 Å². The van der Waals surface area contributed by atoms with Gasteiger partial charge >= 0.3 is 5.97 Å². The number of hydrogen-bond acceptors (Lipinski definition) is 3. The van der Waals surface area contributed by atoms with Gasteiger partial charge in [0, 0.05) is 6.92 Å². The lowest BCUT2D eigenvalue weighted by Crippen LogP contribution is -2.04. The Morgan fingerprint density at radius 2 is 1.88 bits per heavy atom. The van der Waals surface area contributed by atoms with Crippen molar-refractivity contribution in [3.8, 4) is 5.75 Å². The Balaban J connectivity index is 2.44. The molecule has 0 aliphatic carbocycles. The van der Waals surface area contributed by atoms with Crippen molar-refractivity contribution >= 4 is 5.97 Å². The maximum absolute atomic E-state index is 10.6. The highest BCUT2D eigenvalue weighted by atomic mass is 16.5. The summed E-state index contributed by atoms with van der Waals surface area (Å²) in [4.78, 5) is 10.6. The smallest absolute Gasteiger partial charge is 0.302 e. The van der Waals surface area contributed by atoms with Crippen LogP contribution in [0.4, 0.5) is 0 Å². The first-order chi connectivity index (χ1) is 7.58. The zero-order valence-electron chi connectivity index (χ0n) is 10.0. The third kappa shape index (κ3) is 4.82. The number of carbonyl (C=O) groups excluding carboxylic acids is 1. The molecule has 0 unspecified atom stereocenters. The van der Waals surface area contributed by atoms with Crippen LogP contribution in [-0.4, -0.2) is 12.6 Å².